The maximum absolute atomic E-state index is 9.07. The Kier molecular flexibility index (Phi) is 2.96. The average Bonchev–Trinajstić information content (AvgIpc) is 2.17. The molecule has 1 fully saturated rings. The zero-order chi connectivity index (χ0) is 9.80. The summed E-state index contributed by atoms with van der Waals surface area (Å²) < 4.78 is 0. The van der Waals surface area contributed by atoms with Crippen LogP contribution in [0.1, 0.15) is 5.56 Å². The van der Waals surface area contributed by atoms with Gasteiger partial charge in [0.25, 0.3) is 0 Å². The van der Waals surface area contributed by atoms with Crippen molar-refractivity contribution in [1.82, 2.24) is 4.90 Å². The summed E-state index contributed by atoms with van der Waals surface area (Å²) in [5.41, 5.74) is 1.23. The van der Waals surface area contributed by atoms with E-state index in [-0.39, 0.29) is 6.10 Å². The molecule has 0 aromatic heterocycles. The van der Waals surface area contributed by atoms with Crippen LogP contribution in [0.3, 0.4) is 0 Å². The Bertz CT molecular complexity index is 301. The van der Waals surface area contributed by atoms with E-state index in [4.69, 9.17) is 5.11 Å². The molecule has 74 valence electrons. The summed E-state index contributed by atoms with van der Waals surface area (Å²) in [5, 5.41) is 9.07. The summed E-state index contributed by atoms with van der Waals surface area (Å²) in [7, 11) is 0. The first-order valence-electron chi connectivity index (χ1n) is 4.96. The predicted octanol–water partition coefficient (Wildman–Crippen LogP) is 1.38. The fourth-order valence-electron chi connectivity index (χ4n) is 1.59. The molecule has 1 heterocycles. The van der Waals surface area contributed by atoms with Crippen LogP contribution in [0, 0.1) is 0 Å². The van der Waals surface area contributed by atoms with E-state index in [1.54, 1.807) is 0 Å². The Balaban J connectivity index is 1.78. The van der Waals surface area contributed by atoms with Crippen LogP contribution in [0.2, 0.25) is 0 Å². The van der Waals surface area contributed by atoms with Crippen LogP contribution in [0.15, 0.2) is 36.4 Å². The molecular weight excluding hydrogens is 174 g/mol. The number of benzene rings is 1. The molecule has 1 aliphatic rings. The predicted molar refractivity (Wildman–Crippen MR) is 57.9 cm³/mol. The van der Waals surface area contributed by atoms with Gasteiger partial charge in [0.2, 0.25) is 0 Å². The monoisotopic (exact) mass is 189 g/mol. The van der Waals surface area contributed by atoms with E-state index < -0.39 is 0 Å². The quantitative estimate of drug-likeness (QED) is 0.776. The van der Waals surface area contributed by atoms with Gasteiger partial charge in [0.15, 0.2) is 0 Å². The summed E-state index contributed by atoms with van der Waals surface area (Å²) >= 11 is 0. The SMILES string of the molecule is OC1CN(C/C=C/c2ccccc2)C1. The normalized spacial score (nSPS) is 18.6. The first kappa shape index (κ1) is 9.44. The average molecular weight is 189 g/mol. The summed E-state index contributed by atoms with van der Waals surface area (Å²) in [6.07, 6.45) is 4.16. The minimum Gasteiger partial charge on any atom is -0.390 e. The molecule has 14 heavy (non-hydrogen) atoms. The number of aliphatic hydroxyl groups is 1. The molecule has 2 nitrogen and oxygen atoms in total. The van der Waals surface area contributed by atoms with Crippen LogP contribution in [0.25, 0.3) is 6.08 Å². The molecule has 0 spiro atoms. The molecular formula is C12H15NO. The van der Waals surface area contributed by atoms with Gasteiger partial charge in [-0.05, 0) is 5.56 Å². The number of aliphatic hydroxyl groups excluding tert-OH is 1. The molecule has 0 amide bonds. The van der Waals surface area contributed by atoms with Gasteiger partial charge in [0.1, 0.15) is 0 Å². The minimum atomic E-state index is -0.0971. The fourth-order valence-corrected chi connectivity index (χ4v) is 1.59. The van der Waals surface area contributed by atoms with Crippen molar-refractivity contribution in [2.24, 2.45) is 0 Å². The molecule has 0 aliphatic carbocycles. The standard InChI is InChI=1S/C12H15NO/c14-12-9-13(10-12)8-4-7-11-5-2-1-3-6-11/h1-7,12,14H,8-10H2/b7-4+. The van der Waals surface area contributed by atoms with Gasteiger partial charge in [-0.25, -0.2) is 0 Å². The lowest BCUT2D eigenvalue weighted by atomic mass is 10.1. The van der Waals surface area contributed by atoms with Crippen LogP contribution < -0.4 is 0 Å². The highest BCUT2D eigenvalue weighted by Gasteiger charge is 2.22. The third-order valence-electron chi connectivity index (χ3n) is 2.41. The van der Waals surface area contributed by atoms with Crippen molar-refractivity contribution in [2.75, 3.05) is 19.6 Å². The molecule has 0 unspecified atom stereocenters. The lowest BCUT2D eigenvalue weighted by Gasteiger charge is -2.34. The van der Waals surface area contributed by atoms with E-state index in [9.17, 15) is 0 Å². The van der Waals surface area contributed by atoms with Crippen molar-refractivity contribution in [2.45, 2.75) is 6.10 Å². The number of β-amino-alcohol motifs (C(OH)–C–C–N with tert-alkyl or cyclic N) is 1. The molecule has 0 bridgehead atoms. The highest BCUT2D eigenvalue weighted by Crippen LogP contribution is 2.07. The summed E-state index contributed by atoms with van der Waals surface area (Å²) in [5.74, 6) is 0. The third-order valence-corrected chi connectivity index (χ3v) is 2.41. The van der Waals surface area contributed by atoms with Gasteiger partial charge in [-0.1, -0.05) is 42.5 Å². The maximum atomic E-state index is 9.07. The van der Waals surface area contributed by atoms with Crippen molar-refractivity contribution in [3.63, 3.8) is 0 Å². The molecule has 1 N–H and O–H groups in total. The number of hydrogen-bond donors (Lipinski definition) is 1. The topological polar surface area (TPSA) is 23.5 Å². The van der Waals surface area contributed by atoms with Gasteiger partial charge in [-0.2, -0.15) is 0 Å². The number of rotatable bonds is 3. The fraction of sp³-hybridized carbons (Fsp3) is 0.333. The van der Waals surface area contributed by atoms with E-state index in [0.29, 0.717) is 0 Å². The smallest absolute Gasteiger partial charge is 0.0794 e. The highest BCUT2D eigenvalue weighted by molar-refractivity contribution is 5.48. The molecule has 0 radical (unpaired) electrons. The second-order valence-electron chi connectivity index (χ2n) is 3.69. The van der Waals surface area contributed by atoms with Gasteiger partial charge in [-0.15, -0.1) is 0 Å². The van der Waals surface area contributed by atoms with Crippen LogP contribution in [0.5, 0.6) is 0 Å². The summed E-state index contributed by atoms with van der Waals surface area (Å²) in [6, 6.07) is 10.3. The Morgan fingerprint density at radius 3 is 2.64 bits per heavy atom. The first-order valence-corrected chi connectivity index (χ1v) is 4.96. The van der Waals surface area contributed by atoms with Crippen molar-refractivity contribution < 1.29 is 5.11 Å². The zero-order valence-electron chi connectivity index (χ0n) is 8.13. The number of nitrogens with zero attached hydrogens (tertiary/aromatic N) is 1. The van der Waals surface area contributed by atoms with Gasteiger partial charge in [0, 0.05) is 19.6 Å². The lowest BCUT2D eigenvalue weighted by molar-refractivity contribution is 0.00992. The number of hydrogen-bond acceptors (Lipinski definition) is 2. The third kappa shape index (κ3) is 2.44. The van der Waals surface area contributed by atoms with E-state index in [0.717, 1.165) is 19.6 Å². The lowest BCUT2D eigenvalue weighted by Crippen LogP contribution is -2.50. The van der Waals surface area contributed by atoms with Crippen molar-refractivity contribution in [3.05, 3.63) is 42.0 Å². The van der Waals surface area contributed by atoms with E-state index in [2.05, 4.69) is 29.2 Å². The largest absolute Gasteiger partial charge is 0.390 e. The molecule has 2 rings (SSSR count). The summed E-state index contributed by atoms with van der Waals surface area (Å²) in [4.78, 5) is 2.21. The van der Waals surface area contributed by atoms with Gasteiger partial charge < -0.3 is 5.11 Å². The van der Waals surface area contributed by atoms with Gasteiger partial charge in [0.05, 0.1) is 6.10 Å². The summed E-state index contributed by atoms with van der Waals surface area (Å²) in [6.45, 7) is 2.57. The van der Waals surface area contributed by atoms with Crippen LogP contribution in [-0.4, -0.2) is 35.7 Å². The Hall–Kier alpha value is -1.12. The maximum Gasteiger partial charge on any atom is 0.0794 e. The van der Waals surface area contributed by atoms with Crippen molar-refractivity contribution >= 4 is 6.08 Å². The molecule has 2 heteroatoms. The second-order valence-corrected chi connectivity index (χ2v) is 3.69. The van der Waals surface area contributed by atoms with E-state index in [1.165, 1.54) is 5.56 Å². The van der Waals surface area contributed by atoms with Gasteiger partial charge in [-0.3, -0.25) is 4.90 Å². The molecule has 0 atom stereocenters. The molecule has 1 saturated heterocycles. The molecule has 0 saturated carbocycles. The van der Waals surface area contributed by atoms with Crippen LogP contribution in [-0.2, 0) is 0 Å². The Morgan fingerprint density at radius 1 is 1.29 bits per heavy atom. The van der Waals surface area contributed by atoms with Crippen LogP contribution >= 0.6 is 0 Å². The molecule has 1 aromatic carbocycles. The highest BCUT2D eigenvalue weighted by atomic mass is 16.3. The van der Waals surface area contributed by atoms with E-state index >= 15 is 0 Å². The van der Waals surface area contributed by atoms with E-state index in [1.807, 2.05) is 18.2 Å². The van der Waals surface area contributed by atoms with Crippen LogP contribution in [0.4, 0.5) is 0 Å². The van der Waals surface area contributed by atoms with Crippen molar-refractivity contribution in [1.29, 1.82) is 0 Å². The second kappa shape index (κ2) is 4.40. The van der Waals surface area contributed by atoms with Gasteiger partial charge >= 0.3 is 0 Å². The minimum absolute atomic E-state index is 0.0971. The first-order chi connectivity index (χ1) is 6.84. The number of likely N-dealkylation sites (tertiary alicyclic amines) is 1. The Labute approximate surface area is 84.5 Å². The molecule has 1 aliphatic heterocycles. The van der Waals surface area contributed by atoms with Crippen molar-refractivity contribution in [3.8, 4) is 0 Å². The zero-order valence-corrected chi connectivity index (χ0v) is 8.13. The Morgan fingerprint density at radius 2 is 2.00 bits per heavy atom. The molecule has 1 aromatic rings.